The van der Waals surface area contributed by atoms with Crippen molar-refractivity contribution in [3.05, 3.63) is 48.0 Å². The number of sulfonamides is 1. The Labute approximate surface area is 194 Å². The summed E-state index contributed by atoms with van der Waals surface area (Å²) in [5, 5.41) is 15.1. The molecule has 0 atom stereocenters. The summed E-state index contributed by atoms with van der Waals surface area (Å²) in [4.78, 5) is 15.0. The molecular weight excluding hydrogens is 442 g/mol. The highest BCUT2D eigenvalue weighted by Gasteiger charge is 2.28. The molecule has 174 valence electrons. The summed E-state index contributed by atoms with van der Waals surface area (Å²) in [7, 11) is -3.66. The van der Waals surface area contributed by atoms with Gasteiger partial charge >= 0.3 is 0 Å². The van der Waals surface area contributed by atoms with Crippen molar-refractivity contribution in [1.29, 1.82) is 5.26 Å². The van der Waals surface area contributed by atoms with Crippen LogP contribution < -0.4 is 15.5 Å². The molecule has 0 radical (unpaired) electrons. The first-order valence-corrected chi connectivity index (χ1v) is 12.4. The molecule has 4 rings (SSSR count). The Hall–Kier alpha value is -3.13. The Morgan fingerprint density at radius 1 is 1.03 bits per heavy atom. The molecule has 2 heterocycles. The largest absolute Gasteiger partial charge is 0.379 e. The maximum absolute atomic E-state index is 13.1. The molecule has 0 unspecified atom stereocenters. The van der Waals surface area contributed by atoms with Crippen LogP contribution in [0.15, 0.2) is 47.4 Å². The lowest BCUT2D eigenvalue weighted by Gasteiger charge is -2.27. The number of amides is 1. The first-order valence-electron chi connectivity index (χ1n) is 11.0. The Morgan fingerprint density at radius 3 is 2.48 bits per heavy atom. The summed E-state index contributed by atoms with van der Waals surface area (Å²) < 4.78 is 33.0. The molecule has 2 N–H and O–H groups in total. The van der Waals surface area contributed by atoms with Crippen molar-refractivity contribution < 1.29 is 17.9 Å². The highest BCUT2D eigenvalue weighted by molar-refractivity contribution is 7.89. The molecule has 1 amide bonds. The minimum atomic E-state index is -3.66. The van der Waals surface area contributed by atoms with Crippen molar-refractivity contribution in [2.75, 3.05) is 61.5 Å². The van der Waals surface area contributed by atoms with E-state index in [9.17, 15) is 18.5 Å². The van der Waals surface area contributed by atoms with Crippen molar-refractivity contribution in [1.82, 2.24) is 4.31 Å². The number of nitriles is 1. The van der Waals surface area contributed by atoms with Gasteiger partial charge in [0.05, 0.1) is 47.3 Å². The Balaban J connectivity index is 1.55. The van der Waals surface area contributed by atoms with E-state index in [1.165, 1.54) is 4.31 Å². The summed E-state index contributed by atoms with van der Waals surface area (Å²) in [6.07, 6.45) is 2.14. The summed E-state index contributed by atoms with van der Waals surface area (Å²) in [6.45, 7) is 3.08. The molecular formula is C23H27N5O4S. The molecule has 2 aromatic rings. The Morgan fingerprint density at radius 2 is 1.76 bits per heavy atom. The third-order valence-electron chi connectivity index (χ3n) is 5.78. The number of anilines is 3. The molecule has 2 aromatic carbocycles. The average Bonchev–Trinajstić information content (AvgIpc) is 3.38. The topological polar surface area (TPSA) is 115 Å². The van der Waals surface area contributed by atoms with Crippen molar-refractivity contribution in [2.45, 2.75) is 17.7 Å². The first-order chi connectivity index (χ1) is 16.0. The molecule has 0 bridgehead atoms. The van der Waals surface area contributed by atoms with Crippen molar-refractivity contribution >= 4 is 33.0 Å². The van der Waals surface area contributed by atoms with Gasteiger partial charge in [-0.3, -0.25) is 4.79 Å². The van der Waals surface area contributed by atoms with E-state index in [0.29, 0.717) is 43.2 Å². The summed E-state index contributed by atoms with van der Waals surface area (Å²) in [5.41, 5.74) is 2.28. The van der Waals surface area contributed by atoms with Gasteiger partial charge in [0.1, 0.15) is 6.07 Å². The third-order valence-corrected chi connectivity index (χ3v) is 7.68. The number of rotatable bonds is 7. The number of hydrogen-bond acceptors (Lipinski definition) is 7. The standard InChI is InChI=1S/C23H27N5O4S/c24-16-18-5-1-2-6-20(18)26-23(29)17-25-21-15-19(7-8-22(21)27-9-3-4-10-27)33(30,31)28-11-13-32-14-12-28/h1-2,5-8,15,25H,3-4,9-14,17H2,(H,26,29). The van der Waals surface area contributed by atoms with Gasteiger partial charge in [-0.1, -0.05) is 12.1 Å². The predicted molar refractivity (Wildman–Crippen MR) is 126 cm³/mol. The summed E-state index contributed by atoms with van der Waals surface area (Å²) >= 11 is 0. The summed E-state index contributed by atoms with van der Waals surface area (Å²) in [5.74, 6) is -0.327. The molecule has 33 heavy (non-hydrogen) atoms. The van der Waals surface area contributed by atoms with Crippen LogP contribution in [0.4, 0.5) is 17.1 Å². The van der Waals surface area contributed by atoms with Gasteiger partial charge in [0.2, 0.25) is 15.9 Å². The maximum atomic E-state index is 13.1. The van der Waals surface area contributed by atoms with Gasteiger partial charge in [0, 0.05) is 26.2 Å². The molecule has 0 spiro atoms. The fourth-order valence-electron chi connectivity index (χ4n) is 4.05. The van der Waals surface area contributed by atoms with E-state index in [0.717, 1.165) is 31.6 Å². The average molecular weight is 470 g/mol. The molecule has 2 saturated heterocycles. The number of nitrogens with one attached hydrogen (secondary N) is 2. The number of ether oxygens (including phenoxy) is 1. The molecule has 2 fully saturated rings. The van der Waals surface area contributed by atoms with E-state index < -0.39 is 10.0 Å². The smallest absolute Gasteiger partial charge is 0.243 e. The predicted octanol–water partition coefficient (Wildman–Crippen LogP) is 2.23. The third kappa shape index (κ3) is 5.27. The van der Waals surface area contributed by atoms with Crippen LogP contribution in [0, 0.1) is 11.3 Å². The van der Waals surface area contributed by atoms with Crippen molar-refractivity contribution in [2.24, 2.45) is 0 Å². The fraction of sp³-hybridized carbons (Fsp3) is 0.391. The number of benzene rings is 2. The zero-order valence-corrected chi connectivity index (χ0v) is 19.1. The van der Waals surface area contributed by atoms with Gasteiger partial charge in [-0.2, -0.15) is 9.57 Å². The van der Waals surface area contributed by atoms with E-state index in [1.54, 1.807) is 36.4 Å². The van der Waals surface area contributed by atoms with Crippen LogP contribution in [-0.2, 0) is 19.6 Å². The van der Waals surface area contributed by atoms with Crippen LogP contribution in [0.5, 0.6) is 0 Å². The lowest BCUT2D eigenvalue weighted by Crippen LogP contribution is -2.40. The zero-order valence-electron chi connectivity index (χ0n) is 18.3. The molecule has 9 nitrogen and oxygen atoms in total. The summed E-state index contributed by atoms with van der Waals surface area (Å²) in [6, 6.07) is 13.9. The highest BCUT2D eigenvalue weighted by atomic mass is 32.2. The SMILES string of the molecule is N#Cc1ccccc1NC(=O)CNc1cc(S(=O)(=O)N2CCOCC2)ccc1N1CCCC1. The second kappa shape index (κ2) is 10.2. The van der Waals surface area contributed by atoms with Crippen LogP contribution in [0.3, 0.4) is 0 Å². The number of carbonyl (C=O) groups is 1. The van der Waals surface area contributed by atoms with Crippen LogP contribution in [0.2, 0.25) is 0 Å². The minimum absolute atomic E-state index is 0.0678. The number of hydrogen-bond donors (Lipinski definition) is 2. The van der Waals surface area contributed by atoms with Gasteiger partial charge in [-0.15, -0.1) is 0 Å². The van der Waals surface area contributed by atoms with E-state index in [-0.39, 0.29) is 17.3 Å². The van der Waals surface area contributed by atoms with Gasteiger partial charge in [-0.05, 0) is 43.2 Å². The van der Waals surface area contributed by atoms with Crippen LogP contribution in [0.25, 0.3) is 0 Å². The first kappa shape index (κ1) is 23.0. The fourth-order valence-corrected chi connectivity index (χ4v) is 5.48. The van der Waals surface area contributed by atoms with Gasteiger partial charge in [-0.25, -0.2) is 8.42 Å². The van der Waals surface area contributed by atoms with Crippen LogP contribution in [0.1, 0.15) is 18.4 Å². The van der Waals surface area contributed by atoms with Crippen LogP contribution in [-0.4, -0.2) is 64.6 Å². The van der Waals surface area contributed by atoms with E-state index in [2.05, 4.69) is 21.6 Å². The zero-order chi connectivity index (χ0) is 23.3. The molecule has 0 aromatic heterocycles. The quantitative estimate of drug-likeness (QED) is 0.639. The number of para-hydroxylation sites is 1. The molecule has 2 aliphatic rings. The number of carbonyl (C=O) groups excluding carboxylic acids is 1. The Bertz CT molecular complexity index is 1150. The maximum Gasteiger partial charge on any atom is 0.243 e. The van der Waals surface area contributed by atoms with Crippen molar-refractivity contribution in [3.8, 4) is 6.07 Å². The van der Waals surface area contributed by atoms with E-state index in [1.807, 2.05) is 6.07 Å². The lowest BCUT2D eigenvalue weighted by atomic mass is 10.2. The van der Waals surface area contributed by atoms with E-state index >= 15 is 0 Å². The second-order valence-corrected chi connectivity index (χ2v) is 9.89. The minimum Gasteiger partial charge on any atom is -0.379 e. The van der Waals surface area contributed by atoms with Crippen LogP contribution >= 0.6 is 0 Å². The van der Waals surface area contributed by atoms with Gasteiger partial charge < -0.3 is 20.3 Å². The monoisotopic (exact) mass is 469 g/mol. The lowest BCUT2D eigenvalue weighted by molar-refractivity contribution is -0.114. The Kier molecular flexibility index (Phi) is 7.13. The normalized spacial score (nSPS) is 16.9. The number of morpholine rings is 1. The van der Waals surface area contributed by atoms with Gasteiger partial charge in [0.25, 0.3) is 0 Å². The molecule has 0 saturated carbocycles. The molecule has 2 aliphatic heterocycles. The molecule has 10 heteroatoms. The molecule has 0 aliphatic carbocycles. The highest BCUT2D eigenvalue weighted by Crippen LogP contribution is 2.32. The second-order valence-electron chi connectivity index (χ2n) is 7.95. The van der Waals surface area contributed by atoms with Gasteiger partial charge in [0.15, 0.2) is 0 Å². The number of nitrogens with zero attached hydrogens (tertiary/aromatic N) is 3. The van der Waals surface area contributed by atoms with Crippen molar-refractivity contribution in [3.63, 3.8) is 0 Å². The van der Waals surface area contributed by atoms with E-state index in [4.69, 9.17) is 4.74 Å².